The minimum Gasteiger partial charge on any atom is -0.138 e. The lowest BCUT2D eigenvalue weighted by atomic mass is 11.3. The molecule has 0 amide bonds. The first kappa shape index (κ1) is 12.8. The third-order valence-electron chi connectivity index (χ3n) is 1.00. The molecule has 0 heterocycles. The fourth-order valence-corrected chi connectivity index (χ4v) is 4.03. The van der Waals surface area contributed by atoms with Gasteiger partial charge in [0, 0.05) is 0 Å². The zero-order chi connectivity index (χ0) is 10.5. The van der Waals surface area contributed by atoms with Gasteiger partial charge in [0.25, 0.3) is 0 Å². The van der Waals surface area contributed by atoms with Crippen LogP contribution < -0.4 is 0 Å². The zero-order valence-electron chi connectivity index (χ0n) is 9.50. The van der Waals surface area contributed by atoms with Crippen LogP contribution in [0.15, 0.2) is 0 Å². The number of hydrogen-bond acceptors (Lipinski definition) is 0. The first-order valence-corrected chi connectivity index (χ1v) is 12.5. The van der Waals surface area contributed by atoms with Crippen molar-refractivity contribution in [2.45, 2.75) is 39.3 Å². The van der Waals surface area contributed by atoms with Crippen LogP contribution in [-0.2, 0) is 0 Å². The van der Waals surface area contributed by atoms with Gasteiger partial charge in [-0.25, -0.2) is 0 Å². The van der Waals surface area contributed by atoms with Gasteiger partial charge in [0.2, 0.25) is 9.52 Å². The van der Waals surface area contributed by atoms with E-state index in [4.69, 9.17) is 0 Å². The minimum atomic E-state index is -1.16. The van der Waals surface area contributed by atoms with Gasteiger partial charge in [0.05, 0.1) is 0 Å². The summed E-state index contributed by atoms with van der Waals surface area (Å²) in [6.07, 6.45) is 0. The summed E-state index contributed by atoms with van der Waals surface area (Å²) in [5, 5.41) is 0. The van der Waals surface area contributed by atoms with Gasteiger partial charge < -0.3 is 0 Å². The molecule has 13 heavy (non-hydrogen) atoms. The number of hydrogen-bond donors (Lipinski definition) is 0. The number of rotatable bonds is 0. The molecular weight excluding hydrogens is 204 g/mol. The van der Waals surface area contributed by atoms with Gasteiger partial charge in [0.1, 0.15) is 16.1 Å². The highest BCUT2D eigenvalue weighted by molar-refractivity contribution is 6.86. The molecule has 0 aromatic rings. The maximum atomic E-state index is 3.32. The van der Waals surface area contributed by atoms with Gasteiger partial charge >= 0.3 is 0 Å². The average molecular weight is 223 g/mol. The summed E-state index contributed by atoms with van der Waals surface area (Å²) in [6, 6.07) is 0. The van der Waals surface area contributed by atoms with E-state index in [0.29, 0.717) is 9.52 Å². The van der Waals surface area contributed by atoms with E-state index < -0.39 is 16.1 Å². The van der Waals surface area contributed by atoms with Crippen molar-refractivity contribution < 1.29 is 0 Å². The van der Waals surface area contributed by atoms with Crippen molar-refractivity contribution in [3.05, 3.63) is 0 Å². The quantitative estimate of drug-likeness (QED) is 0.436. The topological polar surface area (TPSA) is 0 Å². The van der Waals surface area contributed by atoms with Crippen LogP contribution in [0.1, 0.15) is 0 Å². The van der Waals surface area contributed by atoms with E-state index in [1.165, 1.54) is 0 Å². The Balaban J connectivity index is 4.03. The molecule has 0 aliphatic carbocycles. The molecule has 0 aliphatic rings. The Labute approximate surface area is 87.4 Å². The Morgan fingerprint density at radius 1 is 0.692 bits per heavy atom. The summed E-state index contributed by atoms with van der Waals surface area (Å²) in [5.41, 5.74) is 13.0. The van der Waals surface area contributed by atoms with Crippen molar-refractivity contribution >= 4 is 25.7 Å². The summed E-state index contributed by atoms with van der Waals surface area (Å²) in [6.45, 7) is 13.6. The van der Waals surface area contributed by atoms with Crippen molar-refractivity contribution in [2.75, 3.05) is 0 Å². The predicted octanol–water partition coefficient (Wildman–Crippen LogP) is 2.37. The molecule has 0 atom stereocenters. The Bertz CT molecular complexity index is 240. The minimum absolute atomic E-state index is 0.527. The van der Waals surface area contributed by atoms with Gasteiger partial charge in [-0.3, -0.25) is 0 Å². The molecule has 0 aromatic carbocycles. The summed E-state index contributed by atoms with van der Waals surface area (Å²) in [4.78, 5) is 0. The Morgan fingerprint density at radius 3 is 1.23 bits per heavy atom. The summed E-state index contributed by atoms with van der Waals surface area (Å²) in [7, 11) is -1.80. The second-order valence-corrected chi connectivity index (χ2v) is 15.4. The first-order valence-electron chi connectivity index (χ1n) is 4.50. The van der Waals surface area contributed by atoms with E-state index >= 15 is 0 Å². The molecule has 2 radical (unpaired) electrons. The molecular formula is C10H18Si3. The fourth-order valence-electron chi connectivity index (χ4n) is 0.469. The van der Waals surface area contributed by atoms with Crippen molar-refractivity contribution in [1.82, 2.24) is 0 Å². The van der Waals surface area contributed by atoms with E-state index in [1.807, 2.05) is 0 Å². The second-order valence-electron chi connectivity index (χ2n) is 5.12. The van der Waals surface area contributed by atoms with Crippen molar-refractivity contribution in [3.63, 3.8) is 0 Å². The molecule has 0 unspecified atom stereocenters. The van der Waals surface area contributed by atoms with E-state index in [2.05, 4.69) is 61.5 Å². The van der Waals surface area contributed by atoms with Gasteiger partial charge in [0.15, 0.2) is 0 Å². The molecule has 70 valence electrons. The summed E-state index contributed by atoms with van der Waals surface area (Å²) < 4.78 is 0. The molecule has 0 nitrogen and oxygen atoms in total. The smallest absolute Gasteiger partial charge is 0.138 e. The Kier molecular flexibility index (Phi) is 4.77. The lowest BCUT2D eigenvalue weighted by molar-refractivity contribution is 1.82. The van der Waals surface area contributed by atoms with Crippen LogP contribution in [0, 0.1) is 22.2 Å². The highest BCUT2D eigenvalue weighted by Gasteiger charge is 2.07. The summed E-state index contributed by atoms with van der Waals surface area (Å²) >= 11 is 0. The van der Waals surface area contributed by atoms with E-state index in [-0.39, 0.29) is 0 Å². The lowest BCUT2D eigenvalue weighted by Crippen LogP contribution is -2.17. The largest absolute Gasteiger partial charge is 0.248 e. The third-order valence-corrected chi connectivity index (χ3v) is 3.75. The fraction of sp³-hybridized carbons (Fsp3) is 0.600. The zero-order valence-corrected chi connectivity index (χ0v) is 12.5. The van der Waals surface area contributed by atoms with Crippen LogP contribution in [0.5, 0.6) is 0 Å². The molecule has 0 aliphatic heterocycles. The van der Waals surface area contributed by atoms with E-state index in [0.717, 1.165) is 0 Å². The SMILES string of the molecule is C[Si](C)(C)C#C[Si]C#C[Si](C)(C)C. The molecule has 0 saturated carbocycles. The van der Waals surface area contributed by atoms with Gasteiger partial charge in [-0.15, -0.1) is 22.2 Å². The molecule has 0 N–H and O–H groups in total. The highest BCUT2D eigenvalue weighted by atomic mass is 28.3. The molecule has 0 aromatic heterocycles. The third kappa shape index (κ3) is 11.8. The van der Waals surface area contributed by atoms with Crippen molar-refractivity contribution in [1.29, 1.82) is 0 Å². The van der Waals surface area contributed by atoms with Gasteiger partial charge in [-0.05, 0) is 0 Å². The normalized spacial score (nSPS) is 10.9. The van der Waals surface area contributed by atoms with Crippen molar-refractivity contribution in [2.24, 2.45) is 0 Å². The maximum absolute atomic E-state index is 3.32. The molecule has 0 rings (SSSR count). The highest BCUT2D eigenvalue weighted by Crippen LogP contribution is 1.96. The Hall–Kier alpha value is -0.229. The predicted molar refractivity (Wildman–Crippen MR) is 68.0 cm³/mol. The van der Waals surface area contributed by atoms with Crippen LogP contribution in [-0.4, -0.2) is 25.7 Å². The van der Waals surface area contributed by atoms with Crippen LogP contribution >= 0.6 is 0 Å². The second kappa shape index (κ2) is 4.85. The maximum Gasteiger partial charge on any atom is 0.248 e. The van der Waals surface area contributed by atoms with Gasteiger partial charge in [-0.1, -0.05) is 39.3 Å². The first-order chi connectivity index (χ1) is 5.71. The van der Waals surface area contributed by atoms with Gasteiger partial charge in [-0.2, -0.15) is 0 Å². The van der Waals surface area contributed by atoms with E-state index in [9.17, 15) is 0 Å². The van der Waals surface area contributed by atoms with Crippen molar-refractivity contribution in [3.8, 4) is 22.2 Å². The van der Waals surface area contributed by atoms with Crippen LogP contribution in [0.4, 0.5) is 0 Å². The van der Waals surface area contributed by atoms with Crippen LogP contribution in [0.2, 0.25) is 39.3 Å². The summed E-state index contributed by atoms with van der Waals surface area (Å²) in [5.74, 6) is 0. The average Bonchev–Trinajstić information content (AvgIpc) is 1.81. The molecule has 0 saturated heterocycles. The van der Waals surface area contributed by atoms with Crippen LogP contribution in [0.25, 0.3) is 0 Å². The van der Waals surface area contributed by atoms with E-state index in [1.54, 1.807) is 0 Å². The van der Waals surface area contributed by atoms with Crippen LogP contribution in [0.3, 0.4) is 0 Å². The molecule has 3 heteroatoms. The standard InChI is InChI=1S/C10H18Si3/c1-12(2,3)9-7-11-8-10-13(4,5)6/h1-6H3. The molecule has 0 spiro atoms. The molecule has 0 fully saturated rings. The monoisotopic (exact) mass is 222 g/mol. The molecule has 0 bridgehead atoms. The lowest BCUT2D eigenvalue weighted by Gasteiger charge is -2.03. The Morgan fingerprint density at radius 2 is 1.00 bits per heavy atom.